The van der Waals surface area contributed by atoms with Gasteiger partial charge in [0.2, 0.25) is 0 Å². The first-order valence-electron chi connectivity index (χ1n) is 11.2. The van der Waals surface area contributed by atoms with Gasteiger partial charge in [-0.15, -0.1) is 0 Å². The summed E-state index contributed by atoms with van der Waals surface area (Å²) < 4.78 is 6.24. The summed E-state index contributed by atoms with van der Waals surface area (Å²) in [6, 6.07) is 5.55. The molecule has 4 saturated carbocycles. The van der Waals surface area contributed by atoms with Crippen LogP contribution in [0.3, 0.4) is 0 Å². The number of piperidine rings is 1. The van der Waals surface area contributed by atoms with Gasteiger partial charge < -0.3 is 15.0 Å². The van der Waals surface area contributed by atoms with E-state index in [4.69, 9.17) is 4.74 Å². The van der Waals surface area contributed by atoms with E-state index >= 15 is 0 Å². The average molecular weight is 398 g/mol. The smallest absolute Gasteiger partial charge is 0.410 e. The van der Waals surface area contributed by atoms with Gasteiger partial charge in [-0.25, -0.2) is 9.78 Å². The number of carbonyl (C=O) groups is 2. The number of hydrogen-bond donors (Lipinski definition) is 1. The number of pyridine rings is 1. The Balaban J connectivity index is 1.34. The van der Waals surface area contributed by atoms with E-state index in [1.165, 1.54) is 12.8 Å². The summed E-state index contributed by atoms with van der Waals surface area (Å²) in [4.78, 5) is 32.1. The Bertz CT molecular complexity index is 803. The molecule has 5 aliphatic rings. The molecular formula is C23H31N3O3. The molecule has 1 N–H and O–H groups in total. The van der Waals surface area contributed by atoms with Crippen molar-refractivity contribution in [3.05, 3.63) is 29.6 Å². The first-order chi connectivity index (χ1) is 13.9. The van der Waals surface area contributed by atoms with E-state index in [1.807, 2.05) is 24.0 Å². The quantitative estimate of drug-likeness (QED) is 0.841. The molecule has 2 atom stereocenters. The Labute approximate surface area is 172 Å². The molecule has 29 heavy (non-hydrogen) atoms. The Hall–Kier alpha value is -2.11. The second-order valence-electron chi connectivity index (χ2n) is 9.96. The maximum atomic E-state index is 13.0. The normalized spacial score (nSPS) is 35.4. The summed E-state index contributed by atoms with van der Waals surface area (Å²) >= 11 is 0. The number of hydrogen-bond acceptors (Lipinski definition) is 4. The van der Waals surface area contributed by atoms with Crippen molar-refractivity contribution in [3.8, 4) is 0 Å². The minimum atomic E-state index is -0.411. The van der Waals surface area contributed by atoms with E-state index in [2.05, 4.69) is 10.3 Å². The third-order valence-corrected chi connectivity index (χ3v) is 7.43. The van der Waals surface area contributed by atoms with Crippen LogP contribution in [-0.4, -0.2) is 46.1 Å². The van der Waals surface area contributed by atoms with Crippen molar-refractivity contribution in [2.24, 2.45) is 11.8 Å². The van der Waals surface area contributed by atoms with Crippen LogP contribution in [-0.2, 0) is 4.74 Å². The third kappa shape index (κ3) is 3.62. The Morgan fingerprint density at radius 3 is 2.52 bits per heavy atom. The molecule has 6 heteroatoms. The van der Waals surface area contributed by atoms with Crippen LogP contribution in [0.4, 0.5) is 4.79 Å². The molecule has 6 rings (SSSR count). The van der Waals surface area contributed by atoms with E-state index in [0.29, 0.717) is 17.5 Å². The highest BCUT2D eigenvalue weighted by atomic mass is 16.6. The van der Waals surface area contributed by atoms with Crippen molar-refractivity contribution < 1.29 is 14.3 Å². The van der Waals surface area contributed by atoms with E-state index in [-0.39, 0.29) is 17.5 Å². The highest BCUT2D eigenvalue weighted by Gasteiger charge is 2.60. The Morgan fingerprint density at radius 2 is 1.83 bits per heavy atom. The number of nitrogens with zero attached hydrogens (tertiary/aromatic N) is 2. The van der Waals surface area contributed by atoms with Crippen molar-refractivity contribution in [2.75, 3.05) is 13.1 Å². The molecule has 0 radical (unpaired) electrons. The van der Waals surface area contributed by atoms with E-state index < -0.39 is 5.60 Å². The predicted octanol–water partition coefficient (Wildman–Crippen LogP) is 3.83. The lowest BCUT2D eigenvalue weighted by Crippen LogP contribution is -2.66. The summed E-state index contributed by atoms with van der Waals surface area (Å²) in [6.45, 7) is 3.52. The molecule has 2 amide bonds. The van der Waals surface area contributed by atoms with Gasteiger partial charge in [-0.2, -0.15) is 0 Å². The molecule has 1 saturated heterocycles. The second-order valence-corrected chi connectivity index (χ2v) is 9.96. The maximum absolute atomic E-state index is 13.0. The second kappa shape index (κ2) is 6.99. The summed E-state index contributed by atoms with van der Waals surface area (Å²) in [5.74, 6) is 0.945. The maximum Gasteiger partial charge on any atom is 0.410 e. The molecule has 1 aromatic heterocycles. The zero-order chi connectivity index (χ0) is 20.1. The minimum absolute atomic E-state index is 0.104. The molecule has 5 fully saturated rings. The molecule has 0 spiro atoms. The molecule has 1 aliphatic heterocycles. The number of rotatable bonds is 3. The van der Waals surface area contributed by atoms with E-state index in [1.54, 1.807) is 6.07 Å². The fourth-order valence-corrected chi connectivity index (χ4v) is 6.74. The van der Waals surface area contributed by atoms with Gasteiger partial charge in [0.05, 0.1) is 0 Å². The summed E-state index contributed by atoms with van der Waals surface area (Å²) in [5, 5.41) is 3.34. The van der Waals surface area contributed by atoms with E-state index in [9.17, 15) is 9.59 Å². The van der Waals surface area contributed by atoms with Gasteiger partial charge in [0.1, 0.15) is 11.3 Å². The van der Waals surface area contributed by atoms with Crippen molar-refractivity contribution in [3.63, 3.8) is 0 Å². The summed E-state index contributed by atoms with van der Waals surface area (Å²) in [6.07, 6.45) is 9.00. The predicted molar refractivity (Wildman–Crippen MR) is 108 cm³/mol. The lowest BCUT2D eigenvalue weighted by Gasteiger charge is -2.61. The van der Waals surface area contributed by atoms with Gasteiger partial charge >= 0.3 is 6.09 Å². The van der Waals surface area contributed by atoms with Crippen LogP contribution in [0.5, 0.6) is 0 Å². The van der Waals surface area contributed by atoms with Gasteiger partial charge in [-0.05, 0) is 82.3 Å². The van der Waals surface area contributed by atoms with Crippen LogP contribution in [0.2, 0.25) is 0 Å². The molecule has 4 bridgehead atoms. The van der Waals surface area contributed by atoms with Crippen LogP contribution < -0.4 is 5.32 Å². The van der Waals surface area contributed by atoms with Crippen molar-refractivity contribution in [1.82, 2.24) is 15.2 Å². The lowest BCUT2D eigenvalue weighted by atomic mass is 9.51. The first kappa shape index (κ1) is 18.9. The number of ether oxygens (including phenoxy) is 1. The lowest BCUT2D eigenvalue weighted by molar-refractivity contribution is -0.147. The van der Waals surface area contributed by atoms with E-state index in [0.717, 1.165) is 63.7 Å². The number of carbonyl (C=O) groups excluding carboxylic acids is 2. The fraction of sp³-hybridized carbons (Fsp3) is 0.696. The van der Waals surface area contributed by atoms with Gasteiger partial charge in [0, 0.05) is 30.7 Å². The Kier molecular flexibility index (Phi) is 4.56. The fourth-order valence-electron chi connectivity index (χ4n) is 6.74. The van der Waals surface area contributed by atoms with Crippen LogP contribution in [0.15, 0.2) is 18.2 Å². The topological polar surface area (TPSA) is 71.5 Å². The van der Waals surface area contributed by atoms with Crippen molar-refractivity contribution in [2.45, 2.75) is 75.9 Å². The first-order valence-corrected chi connectivity index (χ1v) is 11.2. The van der Waals surface area contributed by atoms with Crippen LogP contribution in [0, 0.1) is 18.8 Å². The average Bonchev–Trinajstić information content (AvgIpc) is 2.67. The van der Waals surface area contributed by atoms with Crippen LogP contribution in [0.25, 0.3) is 0 Å². The van der Waals surface area contributed by atoms with Crippen molar-refractivity contribution in [1.29, 1.82) is 0 Å². The number of amides is 2. The number of aromatic nitrogens is 1. The summed E-state index contributed by atoms with van der Waals surface area (Å²) in [7, 11) is 0. The standard InChI is InChI=1S/C23H31N3O3/c1-16-6-5-7-19(24-16)20(27)25-22-11-17-10-18(12-22)14-23(13-17,15-22)29-21(28)26-8-3-2-4-9-26/h5-7,17-18H,2-4,8-15H2,1H3,(H,25,27). The number of aryl methyl sites for hydroxylation is 1. The SMILES string of the molecule is Cc1cccc(C(=O)NC23CC4CC(C2)CC(OC(=O)N2CCCCC2)(C4)C3)n1. The third-order valence-electron chi connectivity index (χ3n) is 7.43. The largest absolute Gasteiger partial charge is 0.443 e. The van der Waals surface area contributed by atoms with Crippen molar-refractivity contribution >= 4 is 12.0 Å². The molecule has 2 heterocycles. The molecule has 156 valence electrons. The number of nitrogens with one attached hydrogen (secondary N) is 1. The molecular weight excluding hydrogens is 366 g/mol. The molecule has 0 aromatic carbocycles. The van der Waals surface area contributed by atoms with Gasteiger partial charge in [-0.3, -0.25) is 4.79 Å². The molecule has 1 aromatic rings. The van der Waals surface area contributed by atoms with Crippen LogP contribution in [0.1, 0.15) is 74.0 Å². The Morgan fingerprint density at radius 1 is 1.10 bits per heavy atom. The van der Waals surface area contributed by atoms with Crippen LogP contribution >= 0.6 is 0 Å². The molecule has 2 unspecified atom stereocenters. The summed E-state index contributed by atoms with van der Waals surface area (Å²) in [5.41, 5.74) is 0.635. The number of likely N-dealkylation sites (tertiary alicyclic amines) is 1. The monoisotopic (exact) mass is 397 g/mol. The van der Waals surface area contributed by atoms with Gasteiger partial charge in [-0.1, -0.05) is 6.07 Å². The molecule has 6 nitrogen and oxygen atoms in total. The highest BCUT2D eigenvalue weighted by Crippen LogP contribution is 2.59. The van der Waals surface area contributed by atoms with Gasteiger partial charge in [0.15, 0.2) is 0 Å². The van der Waals surface area contributed by atoms with Gasteiger partial charge in [0.25, 0.3) is 5.91 Å². The minimum Gasteiger partial charge on any atom is -0.443 e. The highest BCUT2D eigenvalue weighted by molar-refractivity contribution is 5.92. The zero-order valence-electron chi connectivity index (χ0n) is 17.3. The molecule has 4 aliphatic carbocycles. The zero-order valence-corrected chi connectivity index (χ0v) is 17.3.